The van der Waals surface area contributed by atoms with E-state index in [0.717, 1.165) is 78.2 Å². The third-order valence-electron chi connectivity index (χ3n) is 10.0. The number of anilines is 1. The highest BCUT2D eigenvalue weighted by Gasteiger charge is 2.48. The van der Waals surface area contributed by atoms with Gasteiger partial charge in [-0.25, -0.2) is 13.4 Å². The normalized spacial score (nSPS) is 27.7. The van der Waals surface area contributed by atoms with Crippen LogP contribution < -0.4 is 4.90 Å². The average molecular weight is 624 g/mol. The molecule has 0 spiro atoms. The summed E-state index contributed by atoms with van der Waals surface area (Å²) in [5, 5.41) is 10.8. The Morgan fingerprint density at radius 3 is 2.28 bits per heavy atom. The Labute approximate surface area is 261 Å². The molecule has 0 radical (unpaired) electrons. The summed E-state index contributed by atoms with van der Waals surface area (Å²) in [6.07, 6.45) is 7.78. The Balaban J connectivity index is 1.35. The van der Waals surface area contributed by atoms with E-state index < -0.39 is 15.3 Å². The molecule has 2 aromatic rings. The van der Waals surface area contributed by atoms with Gasteiger partial charge in [0.05, 0.1) is 49.8 Å². The van der Waals surface area contributed by atoms with Crippen molar-refractivity contribution >= 4 is 32.6 Å². The topological polar surface area (TPSA) is 100 Å². The number of thiazole rings is 1. The first-order valence-corrected chi connectivity index (χ1v) is 18.6. The van der Waals surface area contributed by atoms with Gasteiger partial charge in [-0.1, -0.05) is 25.0 Å². The minimum absolute atomic E-state index is 0.0589. The molecule has 9 heteroatoms. The first-order chi connectivity index (χ1) is 20.3. The van der Waals surface area contributed by atoms with Gasteiger partial charge in [0.2, 0.25) is 0 Å². The van der Waals surface area contributed by atoms with E-state index in [1.807, 2.05) is 0 Å². The van der Waals surface area contributed by atoms with Crippen LogP contribution in [0.15, 0.2) is 24.3 Å². The van der Waals surface area contributed by atoms with Gasteiger partial charge < -0.3 is 9.64 Å². The van der Waals surface area contributed by atoms with Gasteiger partial charge in [0, 0.05) is 43.0 Å². The molecule has 4 aliphatic rings. The first kappa shape index (κ1) is 30.7. The molecule has 0 amide bonds. The number of rotatable bonds is 7. The van der Waals surface area contributed by atoms with Crippen molar-refractivity contribution in [3.63, 3.8) is 0 Å². The zero-order chi connectivity index (χ0) is 30.6. The number of hydrogen-bond donors (Lipinski definition) is 0. The molecule has 43 heavy (non-hydrogen) atoms. The van der Waals surface area contributed by atoms with Crippen molar-refractivity contribution in [3.8, 4) is 16.5 Å². The largest absolute Gasteiger partial charge is 0.370 e. The summed E-state index contributed by atoms with van der Waals surface area (Å²) in [5.74, 6) is 0.872. The second kappa shape index (κ2) is 11.3. The first-order valence-electron chi connectivity index (χ1n) is 16.0. The van der Waals surface area contributed by atoms with Crippen LogP contribution in [0.25, 0.3) is 10.4 Å². The molecule has 2 atom stereocenters. The Kier molecular flexibility index (Phi) is 8.05. The fraction of sp³-hybridized carbons (Fsp3) is 0.676. The van der Waals surface area contributed by atoms with Crippen LogP contribution in [-0.2, 0) is 19.4 Å². The minimum Gasteiger partial charge on any atom is -0.370 e. The lowest BCUT2D eigenvalue weighted by Crippen LogP contribution is -2.44. The van der Waals surface area contributed by atoms with Crippen LogP contribution in [0.3, 0.4) is 0 Å². The van der Waals surface area contributed by atoms with E-state index in [9.17, 15) is 18.5 Å². The summed E-state index contributed by atoms with van der Waals surface area (Å²) >= 11 is 1.78. The molecule has 1 aromatic carbocycles. The van der Waals surface area contributed by atoms with E-state index in [4.69, 9.17) is 9.72 Å². The molecular formula is C34H45N3O4S2. The maximum absolute atomic E-state index is 13.7. The van der Waals surface area contributed by atoms with Crippen LogP contribution in [0.4, 0.5) is 5.69 Å². The Hall–Kier alpha value is -2.28. The molecule has 2 aliphatic carbocycles. The monoisotopic (exact) mass is 623 g/mol. The maximum atomic E-state index is 13.7. The second-order valence-electron chi connectivity index (χ2n) is 14.7. The molecular weight excluding hydrogens is 579 g/mol. The predicted molar refractivity (Wildman–Crippen MR) is 171 cm³/mol. The zero-order valence-corrected chi connectivity index (χ0v) is 27.7. The number of nitriles is 1. The van der Waals surface area contributed by atoms with E-state index in [1.165, 1.54) is 0 Å². The van der Waals surface area contributed by atoms with Gasteiger partial charge >= 0.3 is 0 Å². The van der Waals surface area contributed by atoms with E-state index in [2.05, 4.69) is 62.9 Å². The number of nitrogens with zero attached hydrogens (tertiary/aromatic N) is 3. The van der Waals surface area contributed by atoms with Crippen molar-refractivity contribution < 1.29 is 17.9 Å². The van der Waals surface area contributed by atoms with Gasteiger partial charge in [-0.3, -0.25) is 4.79 Å². The summed E-state index contributed by atoms with van der Waals surface area (Å²) in [5.41, 5.74) is 2.26. The maximum Gasteiger partial charge on any atom is 0.153 e. The lowest BCUT2D eigenvalue weighted by molar-refractivity contribution is -0.161. The van der Waals surface area contributed by atoms with E-state index >= 15 is 0 Å². The van der Waals surface area contributed by atoms with Crippen molar-refractivity contribution in [1.29, 1.82) is 5.26 Å². The predicted octanol–water partition coefficient (Wildman–Crippen LogP) is 7.03. The number of carbonyl (C=O) groups excluding carboxylic acids is 1. The van der Waals surface area contributed by atoms with E-state index in [0.29, 0.717) is 19.5 Å². The number of hydrogen-bond acceptors (Lipinski definition) is 8. The third kappa shape index (κ3) is 6.72. The van der Waals surface area contributed by atoms with Gasteiger partial charge in [0.25, 0.3) is 0 Å². The van der Waals surface area contributed by atoms with Gasteiger partial charge in [0.15, 0.2) is 9.84 Å². The molecule has 0 N–H and O–H groups in total. The number of sulfone groups is 1. The standard InChI is InChI=1S/C34H45N3O4S2/c1-32(2)19-24(20-33(3,4)41-32)31-36-29(27-8-6-5-7-26(27)28(38)21-34(22-35)13-14-34)30(42-31)23-9-11-25(12-10-23)37-15-17-43(39,40)18-16-37/h9-12,24,26-27H,5-8,13-21H2,1-4H3/t26-,27-/m1/s1. The number of aromatic nitrogens is 1. The number of carbonyl (C=O) groups is 1. The highest BCUT2D eigenvalue weighted by molar-refractivity contribution is 7.91. The van der Waals surface area contributed by atoms with Gasteiger partial charge in [-0.05, 0) is 83.9 Å². The van der Waals surface area contributed by atoms with Gasteiger partial charge in [-0.2, -0.15) is 5.26 Å². The number of ether oxygens (including phenoxy) is 1. The molecule has 7 nitrogen and oxygen atoms in total. The highest BCUT2D eigenvalue weighted by atomic mass is 32.2. The van der Waals surface area contributed by atoms with E-state index in [1.54, 1.807) is 11.3 Å². The second-order valence-corrected chi connectivity index (χ2v) is 18.0. The van der Waals surface area contributed by atoms with Gasteiger partial charge in [0.1, 0.15) is 5.78 Å². The molecule has 0 unspecified atom stereocenters. The zero-order valence-electron chi connectivity index (χ0n) is 26.0. The van der Waals surface area contributed by atoms with Crippen LogP contribution in [0, 0.1) is 22.7 Å². The van der Waals surface area contributed by atoms with Crippen LogP contribution in [0.2, 0.25) is 0 Å². The quantitative estimate of drug-likeness (QED) is 0.326. The highest BCUT2D eigenvalue weighted by Crippen LogP contribution is 2.52. The summed E-state index contributed by atoms with van der Waals surface area (Å²) < 4.78 is 30.3. The molecule has 2 saturated heterocycles. The molecule has 2 saturated carbocycles. The summed E-state index contributed by atoms with van der Waals surface area (Å²) in [6.45, 7) is 9.70. The molecule has 4 fully saturated rings. The Morgan fingerprint density at radius 2 is 1.67 bits per heavy atom. The molecule has 3 heterocycles. The van der Waals surface area contributed by atoms with Crippen molar-refractivity contribution in [1.82, 2.24) is 4.98 Å². The fourth-order valence-electron chi connectivity index (χ4n) is 7.83. The summed E-state index contributed by atoms with van der Waals surface area (Å²) in [6, 6.07) is 10.9. The third-order valence-corrected chi connectivity index (χ3v) is 12.9. The van der Waals surface area contributed by atoms with Gasteiger partial charge in [-0.15, -0.1) is 11.3 Å². The summed E-state index contributed by atoms with van der Waals surface area (Å²) in [7, 11) is -2.94. The van der Waals surface area contributed by atoms with Crippen molar-refractivity contribution in [2.24, 2.45) is 11.3 Å². The lowest BCUT2D eigenvalue weighted by atomic mass is 9.73. The van der Waals surface area contributed by atoms with E-state index in [-0.39, 0.29) is 46.2 Å². The fourth-order valence-corrected chi connectivity index (χ4v) is 10.3. The number of benzene rings is 1. The summed E-state index contributed by atoms with van der Waals surface area (Å²) in [4.78, 5) is 22.5. The molecule has 6 rings (SSSR count). The number of Topliss-reactive ketones (excluding diaryl/α,β-unsaturated/α-hetero) is 1. The van der Waals surface area contributed by atoms with Crippen LogP contribution in [0.1, 0.15) is 108 Å². The Bertz CT molecular complexity index is 1490. The minimum atomic E-state index is -2.94. The lowest BCUT2D eigenvalue weighted by Gasteiger charge is -2.44. The van der Waals surface area contributed by atoms with Crippen molar-refractivity contribution in [3.05, 3.63) is 35.0 Å². The van der Waals surface area contributed by atoms with Crippen LogP contribution >= 0.6 is 11.3 Å². The number of ketones is 1. The van der Waals surface area contributed by atoms with Crippen LogP contribution in [-0.4, -0.2) is 55.0 Å². The average Bonchev–Trinajstić information content (AvgIpc) is 3.57. The van der Waals surface area contributed by atoms with Crippen molar-refractivity contribution in [2.75, 3.05) is 29.5 Å². The molecule has 0 bridgehead atoms. The smallest absolute Gasteiger partial charge is 0.153 e. The SMILES string of the molecule is CC1(C)CC(c2nc([C@@H]3CCCC[C@H]3C(=O)CC3(C#N)CC3)c(-c3ccc(N4CCS(=O)(=O)CC4)cc3)s2)CC(C)(C)O1. The molecule has 232 valence electrons. The van der Waals surface area contributed by atoms with Crippen LogP contribution in [0.5, 0.6) is 0 Å². The Morgan fingerprint density at radius 1 is 1.05 bits per heavy atom. The molecule has 2 aliphatic heterocycles. The van der Waals surface area contributed by atoms with Crippen molar-refractivity contribution in [2.45, 2.75) is 109 Å². The molecule has 1 aromatic heterocycles.